The van der Waals surface area contributed by atoms with Gasteiger partial charge in [-0.3, -0.25) is 9.48 Å². The van der Waals surface area contributed by atoms with E-state index < -0.39 is 0 Å². The smallest absolute Gasteiger partial charge is 0.272 e. The van der Waals surface area contributed by atoms with E-state index in [9.17, 15) is 9.18 Å². The third-order valence-corrected chi connectivity index (χ3v) is 3.79. The van der Waals surface area contributed by atoms with E-state index in [0.29, 0.717) is 12.2 Å². The summed E-state index contributed by atoms with van der Waals surface area (Å²) < 4.78 is 14.9. The zero-order chi connectivity index (χ0) is 14.1. The molecule has 1 atom stereocenters. The van der Waals surface area contributed by atoms with Gasteiger partial charge in [0.2, 0.25) is 0 Å². The van der Waals surface area contributed by atoms with Crippen molar-refractivity contribution in [3.63, 3.8) is 0 Å². The van der Waals surface area contributed by atoms with Gasteiger partial charge >= 0.3 is 0 Å². The molecular formula is C15H16FN3O. The van der Waals surface area contributed by atoms with E-state index in [1.807, 2.05) is 11.0 Å². The Bertz CT molecular complexity index is 638. The summed E-state index contributed by atoms with van der Waals surface area (Å²) in [6.45, 7) is 0.700. The van der Waals surface area contributed by atoms with E-state index in [1.165, 1.54) is 12.1 Å². The van der Waals surface area contributed by atoms with Gasteiger partial charge in [-0.05, 0) is 36.6 Å². The Kier molecular flexibility index (Phi) is 3.26. The lowest BCUT2D eigenvalue weighted by atomic mass is 10.0. The molecule has 0 aliphatic carbocycles. The lowest BCUT2D eigenvalue weighted by Crippen LogP contribution is -2.32. The van der Waals surface area contributed by atoms with Gasteiger partial charge in [-0.2, -0.15) is 5.10 Å². The minimum absolute atomic E-state index is 0.0447. The zero-order valence-corrected chi connectivity index (χ0v) is 11.3. The molecule has 0 spiro atoms. The second kappa shape index (κ2) is 5.07. The number of aromatic nitrogens is 2. The van der Waals surface area contributed by atoms with Crippen LogP contribution in [-0.4, -0.2) is 27.1 Å². The molecule has 0 saturated carbocycles. The van der Waals surface area contributed by atoms with Crippen molar-refractivity contribution in [2.75, 3.05) is 6.54 Å². The van der Waals surface area contributed by atoms with Crippen molar-refractivity contribution in [2.24, 2.45) is 7.05 Å². The van der Waals surface area contributed by atoms with Crippen LogP contribution in [0.2, 0.25) is 0 Å². The number of amides is 1. The molecule has 0 bridgehead atoms. The number of likely N-dealkylation sites (tertiary alicyclic amines) is 1. The normalized spacial score (nSPS) is 18.5. The minimum atomic E-state index is -0.262. The Morgan fingerprint density at radius 3 is 2.95 bits per heavy atom. The Morgan fingerprint density at radius 1 is 1.40 bits per heavy atom. The van der Waals surface area contributed by atoms with Crippen LogP contribution in [0, 0.1) is 5.82 Å². The predicted molar refractivity (Wildman–Crippen MR) is 72.6 cm³/mol. The summed E-state index contributed by atoms with van der Waals surface area (Å²) in [7, 11) is 1.75. The topological polar surface area (TPSA) is 38.1 Å². The van der Waals surface area contributed by atoms with Gasteiger partial charge in [-0.15, -0.1) is 0 Å². The number of hydrogen-bond acceptors (Lipinski definition) is 2. The monoisotopic (exact) mass is 273 g/mol. The van der Waals surface area contributed by atoms with E-state index in [4.69, 9.17) is 0 Å². The van der Waals surface area contributed by atoms with Crippen molar-refractivity contribution in [3.8, 4) is 0 Å². The van der Waals surface area contributed by atoms with E-state index >= 15 is 0 Å². The molecule has 1 aliphatic rings. The van der Waals surface area contributed by atoms with Gasteiger partial charge in [0.05, 0.1) is 6.04 Å². The molecule has 1 aromatic carbocycles. The van der Waals surface area contributed by atoms with Gasteiger partial charge in [0.25, 0.3) is 5.91 Å². The molecule has 1 aliphatic heterocycles. The molecule has 0 radical (unpaired) electrons. The third-order valence-electron chi connectivity index (χ3n) is 3.79. The lowest BCUT2D eigenvalue weighted by Gasteiger charge is -2.25. The van der Waals surface area contributed by atoms with Crippen molar-refractivity contribution >= 4 is 5.91 Å². The largest absolute Gasteiger partial charge is 0.330 e. The molecule has 2 heterocycles. The van der Waals surface area contributed by atoms with E-state index in [0.717, 1.165) is 18.4 Å². The number of carbonyl (C=O) groups excluding carboxylic acids is 1. The van der Waals surface area contributed by atoms with Crippen LogP contribution in [0.15, 0.2) is 36.5 Å². The molecule has 20 heavy (non-hydrogen) atoms. The molecular weight excluding hydrogens is 257 g/mol. The number of aryl methyl sites for hydroxylation is 1. The summed E-state index contributed by atoms with van der Waals surface area (Å²) in [6.07, 6.45) is 3.41. The highest BCUT2D eigenvalue weighted by Gasteiger charge is 2.31. The molecule has 0 N–H and O–H groups in total. The molecule has 0 unspecified atom stereocenters. The summed E-state index contributed by atoms with van der Waals surface area (Å²) in [6, 6.07) is 8.17. The first-order valence-electron chi connectivity index (χ1n) is 6.71. The summed E-state index contributed by atoms with van der Waals surface area (Å²) in [5.74, 6) is -0.306. The Hall–Kier alpha value is -2.17. The van der Waals surface area contributed by atoms with Gasteiger partial charge < -0.3 is 4.90 Å². The first-order valence-corrected chi connectivity index (χ1v) is 6.71. The maximum Gasteiger partial charge on any atom is 0.272 e. The molecule has 5 heteroatoms. The van der Waals surface area contributed by atoms with Crippen LogP contribution >= 0.6 is 0 Å². The van der Waals surface area contributed by atoms with Crippen molar-refractivity contribution in [3.05, 3.63) is 53.6 Å². The highest BCUT2D eigenvalue weighted by atomic mass is 19.1. The second-order valence-electron chi connectivity index (χ2n) is 5.05. The highest BCUT2D eigenvalue weighted by molar-refractivity contribution is 5.93. The van der Waals surface area contributed by atoms with Gasteiger partial charge in [-0.25, -0.2) is 4.39 Å². The Balaban J connectivity index is 1.90. The third kappa shape index (κ3) is 2.19. The zero-order valence-electron chi connectivity index (χ0n) is 11.3. The average Bonchev–Trinajstić information content (AvgIpc) is 3.06. The van der Waals surface area contributed by atoms with Crippen LogP contribution in [-0.2, 0) is 7.05 Å². The number of carbonyl (C=O) groups is 1. The minimum Gasteiger partial charge on any atom is -0.330 e. The summed E-state index contributed by atoms with van der Waals surface area (Å²) in [4.78, 5) is 14.4. The van der Waals surface area contributed by atoms with Gasteiger partial charge in [0, 0.05) is 19.8 Å². The summed E-state index contributed by atoms with van der Waals surface area (Å²) in [5.41, 5.74) is 1.42. The average molecular weight is 273 g/mol. The molecule has 4 nitrogen and oxygen atoms in total. The molecule has 1 saturated heterocycles. The number of halogens is 1. The first kappa shape index (κ1) is 12.8. The van der Waals surface area contributed by atoms with Crippen molar-refractivity contribution < 1.29 is 9.18 Å². The SMILES string of the molecule is Cn1nccc1C(=O)N1CCC[C@@H]1c1cccc(F)c1. The van der Waals surface area contributed by atoms with Crippen LogP contribution in [0.4, 0.5) is 4.39 Å². The predicted octanol–water partition coefficient (Wildman–Crippen LogP) is 2.54. The molecule has 1 aromatic heterocycles. The number of rotatable bonds is 2. The number of hydrogen-bond donors (Lipinski definition) is 0. The van der Waals surface area contributed by atoms with Crippen LogP contribution in [0.3, 0.4) is 0 Å². The second-order valence-corrected chi connectivity index (χ2v) is 5.05. The maximum atomic E-state index is 13.4. The van der Waals surface area contributed by atoms with Gasteiger partial charge in [0.15, 0.2) is 0 Å². The van der Waals surface area contributed by atoms with Crippen molar-refractivity contribution in [1.82, 2.24) is 14.7 Å². The maximum absolute atomic E-state index is 13.4. The fraction of sp³-hybridized carbons (Fsp3) is 0.333. The van der Waals surface area contributed by atoms with Crippen LogP contribution in [0.5, 0.6) is 0 Å². The van der Waals surface area contributed by atoms with E-state index in [1.54, 1.807) is 30.1 Å². The Morgan fingerprint density at radius 2 is 2.25 bits per heavy atom. The fourth-order valence-electron chi connectivity index (χ4n) is 2.80. The van der Waals surface area contributed by atoms with Crippen LogP contribution in [0.1, 0.15) is 34.9 Å². The molecule has 2 aromatic rings. The van der Waals surface area contributed by atoms with Gasteiger partial charge in [-0.1, -0.05) is 12.1 Å². The van der Waals surface area contributed by atoms with Crippen LogP contribution < -0.4 is 0 Å². The van der Waals surface area contributed by atoms with Gasteiger partial charge in [0.1, 0.15) is 11.5 Å². The number of benzene rings is 1. The quantitative estimate of drug-likeness (QED) is 0.843. The fourth-order valence-corrected chi connectivity index (χ4v) is 2.80. The molecule has 104 valence electrons. The molecule has 1 fully saturated rings. The first-order chi connectivity index (χ1) is 9.66. The Labute approximate surface area is 116 Å². The lowest BCUT2D eigenvalue weighted by molar-refractivity contribution is 0.0724. The summed E-state index contributed by atoms with van der Waals surface area (Å²) >= 11 is 0. The van der Waals surface area contributed by atoms with Crippen molar-refractivity contribution in [2.45, 2.75) is 18.9 Å². The highest BCUT2D eigenvalue weighted by Crippen LogP contribution is 2.33. The van der Waals surface area contributed by atoms with Crippen molar-refractivity contribution in [1.29, 1.82) is 0 Å². The standard InChI is InChI=1S/C15H16FN3O/c1-18-14(7-8-17-18)15(20)19-9-3-6-13(19)11-4-2-5-12(16)10-11/h2,4-5,7-8,10,13H,3,6,9H2,1H3/t13-/m1/s1. The van der Waals surface area contributed by atoms with E-state index in [-0.39, 0.29) is 17.8 Å². The van der Waals surface area contributed by atoms with Crippen LogP contribution in [0.25, 0.3) is 0 Å². The molecule has 1 amide bonds. The molecule has 3 rings (SSSR count). The van der Waals surface area contributed by atoms with E-state index in [2.05, 4.69) is 5.10 Å². The summed E-state index contributed by atoms with van der Waals surface area (Å²) in [5, 5.41) is 4.03. The number of nitrogens with zero attached hydrogens (tertiary/aromatic N) is 3.